The van der Waals surface area contributed by atoms with Gasteiger partial charge in [-0.15, -0.1) is 0 Å². The Morgan fingerprint density at radius 3 is 2.77 bits per heavy atom. The molecule has 1 aromatic heterocycles. The maximum Gasteiger partial charge on any atom is 0.371 e. The van der Waals surface area contributed by atoms with Gasteiger partial charge in [0.2, 0.25) is 5.76 Å². The van der Waals surface area contributed by atoms with Crippen LogP contribution in [-0.2, 0) is 21.3 Å². The Balaban J connectivity index is 1.72. The van der Waals surface area contributed by atoms with Crippen LogP contribution in [0.25, 0.3) is 0 Å². The van der Waals surface area contributed by atoms with Gasteiger partial charge in [-0.25, -0.2) is 4.79 Å². The van der Waals surface area contributed by atoms with Crippen LogP contribution in [0.1, 0.15) is 33.6 Å². The van der Waals surface area contributed by atoms with Crippen molar-refractivity contribution in [2.24, 2.45) is 0 Å². The normalized spacial score (nSPS) is 15.3. The average molecular weight is 377 g/mol. The Morgan fingerprint density at radius 1 is 1.31 bits per heavy atom. The molecule has 9 heteroatoms. The smallest absolute Gasteiger partial charge is 0.371 e. The van der Waals surface area contributed by atoms with E-state index >= 15 is 0 Å². The lowest BCUT2D eigenvalue weighted by Crippen LogP contribution is -2.27. The minimum atomic E-state index is -1.61. The predicted molar refractivity (Wildman–Crippen MR) is 91.9 cm³/mol. The zero-order valence-electron chi connectivity index (χ0n) is 13.7. The molecule has 0 saturated heterocycles. The van der Waals surface area contributed by atoms with Crippen LogP contribution in [0.4, 0.5) is 5.69 Å². The third kappa shape index (κ3) is 3.67. The van der Waals surface area contributed by atoms with E-state index in [-0.39, 0.29) is 35.6 Å². The molecular formula is C17H15NO7S. The van der Waals surface area contributed by atoms with Crippen LogP contribution in [0.15, 0.2) is 34.7 Å². The van der Waals surface area contributed by atoms with E-state index in [4.69, 9.17) is 14.3 Å². The number of hydrogen-bond acceptors (Lipinski definition) is 6. The summed E-state index contributed by atoms with van der Waals surface area (Å²) < 4.78 is 22.7. The van der Waals surface area contributed by atoms with Crippen molar-refractivity contribution >= 4 is 34.1 Å². The van der Waals surface area contributed by atoms with Crippen LogP contribution in [0.3, 0.4) is 0 Å². The van der Waals surface area contributed by atoms with Gasteiger partial charge in [-0.05, 0) is 37.3 Å². The minimum absolute atomic E-state index is 0.0784. The molecule has 0 aliphatic carbocycles. The summed E-state index contributed by atoms with van der Waals surface area (Å²) in [6, 6.07) is 7.29. The van der Waals surface area contributed by atoms with E-state index in [0.29, 0.717) is 17.0 Å². The number of ketones is 1. The van der Waals surface area contributed by atoms with Gasteiger partial charge < -0.3 is 19.6 Å². The van der Waals surface area contributed by atoms with Gasteiger partial charge in [0.15, 0.2) is 12.4 Å². The van der Waals surface area contributed by atoms with Gasteiger partial charge in [-0.2, -0.15) is 0 Å². The summed E-state index contributed by atoms with van der Waals surface area (Å²) in [7, 11) is -1.61. The molecule has 1 amide bonds. The maximum atomic E-state index is 12.6. The number of aromatic carboxylic acids is 1. The van der Waals surface area contributed by atoms with Gasteiger partial charge in [-0.1, -0.05) is 0 Å². The number of anilines is 1. The summed E-state index contributed by atoms with van der Waals surface area (Å²) in [5.41, 5.74) is 0.684. The van der Waals surface area contributed by atoms with E-state index < -0.39 is 22.0 Å². The van der Waals surface area contributed by atoms with E-state index in [1.165, 1.54) is 25.1 Å². The Bertz CT molecular complexity index is 918. The first-order valence-electron chi connectivity index (χ1n) is 7.65. The zero-order chi connectivity index (χ0) is 18.8. The number of hydrogen-bond donors (Lipinski definition) is 2. The van der Waals surface area contributed by atoms with Crippen molar-refractivity contribution < 1.29 is 32.9 Å². The van der Waals surface area contributed by atoms with Crippen LogP contribution in [0.5, 0.6) is 5.75 Å². The van der Waals surface area contributed by atoms with Crippen LogP contribution in [-0.4, -0.2) is 38.8 Å². The number of carboxylic acid groups (broad SMARTS) is 1. The van der Waals surface area contributed by atoms with Crippen molar-refractivity contribution in [2.45, 2.75) is 17.9 Å². The Kier molecular flexibility index (Phi) is 4.90. The summed E-state index contributed by atoms with van der Waals surface area (Å²) in [5.74, 6) is -1.53. The molecule has 1 aromatic carbocycles. The van der Waals surface area contributed by atoms with Gasteiger partial charge >= 0.3 is 5.97 Å². The lowest BCUT2D eigenvalue weighted by atomic mass is 10.1. The standard InChI is InChI=1S/C17H15NO7S/c1-9(26(23)8-11-3-5-14(25-11)17(21)22)16(20)10-2-4-13-12(6-10)18-15(19)7-24-13/h2-6,9H,7-8H2,1H3,(H,18,19)(H,21,22). The topological polar surface area (TPSA) is 123 Å². The highest BCUT2D eigenvalue weighted by Crippen LogP contribution is 2.29. The molecule has 8 nitrogen and oxygen atoms in total. The van der Waals surface area contributed by atoms with Gasteiger partial charge in [0, 0.05) is 16.4 Å². The molecule has 26 heavy (non-hydrogen) atoms. The third-order valence-electron chi connectivity index (χ3n) is 3.82. The van der Waals surface area contributed by atoms with Crippen molar-refractivity contribution in [1.29, 1.82) is 0 Å². The van der Waals surface area contributed by atoms with Crippen molar-refractivity contribution in [3.8, 4) is 5.75 Å². The number of ether oxygens (including phenoxy) is 1. The molecule has 1 aliphatic heterocycles. The molecule has 0 bridgehead atoms. The summed E-state index contributed by atoms with van der Waals surface area (Å²) in [6.45, 7) is 1.44. The predicted octanol–water partition coefficient (Wildman–Crippen LogP) is 1.83. The first-order chi connectivity index (χ1) is 12.3. The molecule has 0 radical (unpaired) electrons. The van der Waals surface area contributed by atoms with E-state index in [2.05, 4.69) is 5.32 Å². The van der Waals surface area contributed by atoms with Gasteiger partial charge in [0.1, 0.15) is 11.5 Å². The van der Waals surface area contributed by atoms with E-state index in [1.54, 1.807) is 12.1 Å². The van der Waals surface area contributed by atoms with Crippen molar-refractivity contribution in [2.75, 3.05) is 11.9 Å². The number of amides is 1. The number of fused-ring (bicyclic) bond motifs is 1. The molecule has 2 atom stereocenters. The van der Waals surface area contributed by atoms with E-state index in [0.717, 1.165) is 0 Å². The first-order valence-corrected chi connectivity index (χ1v) is 9.03. The monoisotopic (exact) mass is 377 g/mol. The molecule has 0 spiro atoms. The molecule has 2 heterocycles. The highest BCUT2D eigenvalue weighted by molar-refractivity contribution is 7.85. The Labute approximate surface area is 150 Å². The SMILES string of the molecule is CC(C(=O)c1ccc2c(c1)NC(=O)CO2)S(=O)Cc1ccc(C(=O)O)o1. The van der Waals surface area contributed by atoms with Crippen LogP contribution in [0, 0.1) is 0 Å². The molecule has 3 rings (SSSR count). The van der Waals surface area contributed by atoms with Gasteiger partial charge in [-0.3, -0.25) is 13.8 Å². The second kappa shape index (κ2) is 7.12. The quantitative estimate of drug-likeness (QED) is 0.736. The maximum absolute atomic E-state index is 12.6. The highest BCUT2D eigenvalue weighted by atomic mass is 32.2. The molecular weight excluding hydrogens is 362 g/mol. The largest absolute Gasteiger partial charge is 0.482 e. The second-order valence-corrected chi connectivity index (χ2v) is 7.41. The lowest BCUT2D eigenvalue weighted by Gasteiger charge is -2.19. The molecule has 136 valence electrons. The zero-order valence-corrected chi connectivity index (χ0v) is 14.5. The summed E-state index contributed by atoms with van der Waals surface area (Å²) >= 11 is 0. The average Bonchev–Trinajstić information content (AvgIpc) is 3.08. The van der Waals surface area contributed by atoms with Crippen molar-refractivity contribution in [1.82, 2.24) is 0 Å². The van der Waals surface area contributed by atoms with Crippen LogP contribution >= 0.6 is 0 Å². The minimum Gasteiger partial charge on any atom is -0.482 e. The fraction of sp³-hybridized carbons (Fsp3) is 0.235. The molecule has 1 aliphatic rings. The number of benzene rings is 1. The van der Waals surface area contributed by atoms with E-state index in [9.17, 15) is 18.6 Å². The second-order valence-electron chi connectivity index (χ2n) is 5.65. The van der Waals surface area contributed by atoms with E-state index in [1.807, 2.05) is 0 Å². The lowest BCUT2D eigenvalue weighted by molar-refractivity contribution is -0.118. The van der Waals surface area contributed by atoms with Crippen LogP contribution in [0.2, 0.25) is 0 Å². The summed E-state index contributed by atoms with van der Waals surface area (Å²) in [5, 5.41) is 10.6. The Hall–Kier alpha value is -2.94. The first kappa shape index (κ1) is 17.9. The summed E-state index contributed by atoms with van der Waals surface area (Å²) in [4.78, 5) is 34.8. The fourth-order valence-electron chi connectivity index (χ4n) is 2.43. The number of carboxylic acids is 1. The number of carbonyl (C=O) groups is 3. The Morgan fingerprint density at radius 2 is 2.08 bits per heavy atom. The number of Topliss-reactive ketones (excluding diaryl/α,β-unsaturated/α-hetero) is 1. The molecule has 0 fully saturated rings. The third-order valence-corrected chi connectivity index (χ3v) is 5.39. The van der Waals surface area contributed by atoms with Crippen molar-refractivity contribution in [3.05, 3.63) is 47.4 Å². The molecule has 0 saturated carbocycles. The highest BCUT2D eigenvalue weighted by Gasteiger charge is 2.25. The van der Waals surface area contributed by atoms with Gasteiger partial charge in [0.25, 0.3) is 5.91 Å². The number of carbonyl (C=O) groups excluding carboxylic acids is 2. The molecule has 2 N–H and O–H groups in total. The fourth-order valence-corrected chi connectivity index (χ4v) is 3.49. The van der Waals surface area contributed by atoms with Gasteiger partial charge in [0.05, 0.1) is 16.7 Å². The molecule has 2 unspecified atom stereocenters. The number of nitrogens with one attached hydrogen (secondary N) is 1. The number of rotatable bonds is 6. The van der Waals surface area contributed by atoms with Crippen molar-refractivity contribution in [3.63, 3.8) is 0 Å². The summed E-state index contributed by atoms with van der Waals surface area (Å²) in [6.07, 6.45) is 0. The molecule has 2 aromatic rings. The van der Waals surface area contributed by atoms with Crippen LogP contribution < -0.4 is 10.1 Å². The number of furan rings is 1.